The molecule has 26 heavy (non-hydrogen) atoms. The normalized spacial score (nSPS) is 17.8. The Morgan fingerprint density at radius 3 is 2.62 bits per heavy atom. The van der Waals surface area contributed by atoms with E-state index >= 15 is 0 Å². The number of carbonyl (C=O) groups excluding carboxylic acids is 1. The van der Waals surface area contributed by atoms with Gasteiger partial charge in [-0.15, -0.1) is 10.2 Å². The van der Waals surface area contributed by atoms with Crippen LogP contribution in [0.2, 0.25) is 0 Å². The Balaban J connectivity index is 1.66. The third-order valence-corrected chi connectivity index (χ3v) is 4.53. The van der Waals surface area contributed by atoms with Gasteiger partial charge in [-0.2, -0.15) is 0 Å². The number of rotatable bonds is 3. The molecule has 6 heteroatoms. The Morgan fingerprint density at radius 1 is 1.12 bits per heavy atom. The second-order valence-corrected chi connectivity index (χ2v) is 7.02. The minimum atomic E-state index is -0.347. The second-order valence-electron chi connectivity index (χ2n) is 7.02. The summed E-state index contributed by atoms with van der Waals surface area (Å²) in [5.41, 5.74) is 1.98. The Morgan fingerprint density at radius 2 is 1.81 bits per heavy atom. The van der Waals surface area contributed by atoms with E-state index in [9.17, 15) is 4.79 Å². The molecule has 1 aliphatic rings. The van der Waals surface area contributed by atoms with Crippen molar-refractivity contribution >= 4 is 5.91 Å². The van der Waals surface area contributed by atoms with Crippen molar-refractivity contribution in [1.82, 2.24) is 20.1 Å². The summed E-state index contributed by atoms with van der Waals surface area (Å²) in [6.07, 6.45) is 3.86. The van der Waals surface area contributed by atoms with Crippen LogP contribution in [0.5, 0.6) is 5.75 Å². The quantitative estimate of drug-likeness (QED) is 0.788. The number of fused-ring (bicyclic) bond motifs is 1. The van der Waals surface area contributed by atoms with Gasteiger partial charge in [0.1, 0.15) is 24.0 Å². The lowest BCUT2D eigenvalue weighted by molar-refractivity contribution is 0.0620. The van der Waals surface area contributed by atoms with Crippen LogP contribution in [0.4, 0.5) is 0 Å². The van der Waals surface area contributed by atoms with Gasteiger partial charge in [0, 0.05) is 12.0 Å². The SMILES string of the molecule is CC1(C)C[C@@H](NC(=O)c2ccccc2-n2cnnc2)c2ccccc2O1. The Labute approximate surface area is 151 Å². The maximum Gasteiger partial charge on any atom is 0.253 e. The standard InChI is InChI=1S/C20H20N4O2/c1-20(2)11-16(14-7-4-6-10-18(14)26-20)23-19(25)15-8-3-5-9-17(15)24-12-21-22-13-24/h3-10,12-13,16H,11H2,1-2H3,(H,23,25)/t16-/m1/s1. The largest absolute Gasteiger partial charge is 0.487 e. The monoisotopic (exact) mass is 348 g/mol. The second kappa shape index (κ2) is 6.29. The molecular weight excluding hydrogens is 328 g/mol. The van der Waals surface area contributed by atoms with E-state index in [2.05, 4.69) is 15.5 Å². The summed E-state index contributed by atoms with van der Waals surface area (Å²) in [5, 5.41) is 10.8. The topological polar surface area (TPSA) is 69.0 Å². The van der Waals surface area contributed by atoms with Crippen LogP contribution in [-0.2, 0) is 0 Å². The van der Waals surface area contributed by atoms with Gasteiger partial charge >= 0.3 is 0 Å². The molecule has 0 bridgehead atoms. The fraction of sp³-hybridized carbons (Fsp3) is 0.250. The minimum absolute atomic E-state index is 0.114. The molecule has 0 saturated carbocycles. The highest BCUT2D eigenvalue weighted by Crippen LogP contribution is 2.39. The molecule has 2 heterocycles. The van der Waals surface area contributed by atoms with E-state index in [1.54, 1.807) is 23.3 Å². The Bertz CT molecular complexity index is 934. The fourth-order valence-electron chi connectivity index (χ4n) is 3.38. The highest BCUT2D eigenvalue weighted by atomic mass is 16.5. The lowest BCUT2D eigenvalue weighted by Crippen LogP contribution is -2.41. The van der Waals surface area contributed by atoms with E-state index in [0.29, 0.717) is 12.0 Å². The van der Waals surface area contributed by atoms with Crippen molar-refractivity contribution in [2.24, 2.45) is 0 Å². The van der Waals surface area contributed by atoms with Crippen LogP contribution in [0.25, 0.3) is 5.69 Å². The summed E-state index contributed by atoms with van der Waals surface area (Å²) in [6.45, 7) is 4.07. The predicted molar refractivity (Wildman–Crippen MR) is 97.3 cm³/mol. The first-order chi connectivity index (χ1) is 12.5. The van der Waals surface area contributed by atoms with Crippen LogP contribution < -0.4 is 10.1 Å². The van der Waals surface area contributed by atoms with Crippen LogP contribution in [0.15, 0.2) is 61.2 Å². The smallest absolute Gasteiger partial charge is 0.253 e. The molecule has 1 amide bonds. The van der Waals surface area contributed by atoms with Crippen molar-refractivity contribution in [3.8, 4) is 11.4 Å². The van der Waals surface area contributed by atoms with Gasteiger partial charge in [0.05, 0.1) is 17.3 Å². The third kappa shape index (κ3) is 3.06. The van der Waals surface area contributed by atoms with Crippen molar-refractivity contribution in [2.75, 3.05) is 0 Å². The van der Waals surface area contributed by atoms with E-state index in [1.165, 1.54) is 0 Å². The number of amides is 1. The summed E-state index contributed by atoms with van der Waals surface area (Å²) in [7, 11) is 0. The van der Waals surface area contributed by atoms with E-state index in [-0.39, 0.29) is 17.6 Å². The first kappa shape index (κ1) is 16.3. The number of benzene rings is 2. The summed E-state index contributed by atoms with van der Waals surface area (Å²) >= 11 is 0. The van der Waals surface area contributed by atoms with E-state index in [1.807, 2.05) is 56.3 Å². The zero-order chi connectivity index (χ0) is 18.1. The average molecular weight is 348 g/mol. The number of hydrogen-bond donors (Lipinski definition) is 1. The summed E-state index contributed by atoms with van der Waals surface area (Å²) in [6, 6.07) is 15.2. The van der Waals surface area contributed by atoms with Crippen LogP contribution in [-0.4, -0.2) is 26.3 Å². The van der Waals surface area contributed by atoms with Crippen LogP contribution >= 0.6 is 0 Å². The van der Waals surface area contributed by atoms with Crippen LogP contribution in [0.1, 0.15) is 42.2 Å². The van der Waals surface area contributed by atoms with Crippen molar-refractivity contribution in [2.45, 2.75) is 31.9 Å². The van der Waals surface area contributed by atoms with E-state index in [4.69, 9.17) is 4.74 Å². The van der Waals surface area contributed by atoms with Gasteiger partial charge in [-0.1, -0.05) is 30.3 Å². The number of para-hydroxylation sites is 2. The predicted octanol–water partition coefficient (Wildman–Crippen LogP) is 3.30. The van der Waals surface area contributed by atoms with Gasteiger partial charge in [-0.3, -0.25) is 9.36 Å². The van der Waals surface area contributed by atoms with E-state index in [0.717, 1.165) is 17.0 Å². The fourth-order valence-corrected chi connectivity index (χ4v) is 3.38. The molecule has 3 aromatic rings. The molecule has 1 aliphatic heterocycles. The lowest BCUT2D eigenvalue weighted by Gasteiger charge is -2.38. The van der Waals surface area contributed by atoms with Gasteiger partial charge in [0.15, 0.2) is 0 Å². The summed E-state index contributed by atoms with van der Waals surface area (Å²) < 4.78 is 7.78. The van der Waals surface area contributed by atoms with Gasteiger partial charge < -0.3 is 10.1 Å². The maximum atomic E-state index is 13.0. The first-order valence-corrected chi connectivity index (χ1v) is 8.56. The molecule has 6 nitrogen and oxygen atoms in total. The molecule has 0 fully saturated rings. The van der Waals surface area contributed by atoms with Gasteiger partial charge in [0.2, 0.25) is 0 Å². The van der Waals surface area contributed by atoms with Crippen molar-refractivity contribution in [3.05, 3.63) is 72.3 Å². The van der Waals surface area contributed by atoms with Gasteiger partial charge in [-0.05, 0) is 32.0 Å². The maximum absolute atomic E-state index is 13.0. The molecule has 4 rings (SSSR count). The molecule has 0 saturated heterocycles. The molecule has 0 spiro atoms. The molecule has 132 valence electrons. The van der Waals surface area contributed by atoms with Crippen LogP contribution in [0.3, 0.4) is 0 Å². The van der Waals surface area contributed by atoms with Crippen molar-refractivity contribution in [3.63, 3.8) is 0 Å². The third-order valence-electron chi connectivity index (χ3n) is 4.53. The number of nitrogens with zero attached hydrogens (tertiary/aromatic N) is 3. The Kier molecular flexibility index (Phi) is 3.95. The summed E-state index contributed by atoms with van der Waals surface area (Å²) in [5.74, 6) is 0.688. The molecule has 2 aromatic carbocycles. The number of carbonyl (C=O) groups is 1. The molecule has 1 aromatic heterocycles. The minimum Gasteiger partial charge on any atom is -0.487 e. The average Bonchev–Trinajstić information content (AvgIpc) is 3.15. The van der Waals surface area contributed by atoms with Crippen LogP contribution in [0, 0.1) is 0 Å². The summed E-state index contributed by atoms with van der Waals surface area (Å²) in [4.78, 5) is 13.0. The lowest BCUT2D eigenvalue weighted by atomic mass is 9.89. The molecule has 0 aliphatic carbocycles. The number of ether oxygens (including phenoxy) is 1. The number of nitrogens with one attached hydrogen (secondary N) is 1. The molecular formula is C20H20N4O2. The molecule has 0 unspecified atom stereocenters. The highest BCUT2D eigenvalue weighted by molar-refractivity contribution is 5.98. The zero-order valence-electron chi connectivity index (χ0n) is 14.7. The number of aromatic nitrogens is 3. The highest BCUT2D eigenvalue weighted by Gasteiger charge is 2.34. The number of hydrogen-bond acceptors (Lipinski definition) is 4. The van der Waals surface area contributed by atoms with Crippen molar-refractivity contribution < 1.29 is 9.53 Å². The molecule has 1 N–H and O–H groups in total. The van der Waals surface area contributed by atoms with E-state index < -0.39 is 0 Å². The van der Waals surface area contributed by atoms with Gasteiger partial charge in [-0.25, -0.2) is 0 Å². The first-order valence-electron chi connectivity index (χ1n) is 8.56. The Hall–Kier alpha value is -3.15. The zero-order valence-corrected chi connectivity index (χ0v) is 14.7. The van der Waals surface area contributed by atoms with Gasteiger partial charge in [0.25, 0.3) is 5.91 Å². The molecule has 1 atom stereocenters. The molecule has 0 radical (unpaired) electrons. The van der Waals surface area contributed by atoms with Crippen molar-refractivity contribution in [1.29, 1.82) is 0 Å².